The highest BCUT2D eigenvalue weighted by atomic mass is 127. The molecule has 2 unspecified atom stereocenters. The Bertz CT molecular complexity index is 1560. The van der Waals surface area contributed by atoms with Crippen molar-refractivity contribution in [1.29, 1.82) is 0 Å². The van der Waals surface area contributed by atoms with Gasteiger partial charge in [0.05, 0.1) is 30.2 Å². The molecule has 1 fully saturated rings. The number of carbonyl (C=O) groups excluding carboxylic acids is 1. The quantitative estimate of drug-likeness (QED) is 0.150. The van der Waals surface area contributed by atoms with Crippen LogP contribution in [-0.2, 0) is 42.6 Å². The van der Waals surface area contributed by atoms with Crippen LogP contribution in [0.1, 0.15) is 41.2 Å². The van der Waals surface area contributed by atoms with Gasteiger partial charge >= 0.3 is 5.97 Å². The van der Waals surface area contributed by atoms with Gasteiger partial charge in [0.15, 0.2) is 0 Å². The van der Waals surface area contributed by atoms with Crippen molar-refractivity contribution in [2.45, 2.75) is 33.5 Å². The lowest BCUT2D eigenvalue weighted by molar-refractivity contribution is 0.0472. The van der Waals surface area contributed by atoms with Gasteiger partial charge in [-0.25, -0.2) is 14.8 Å². The number of esters is 1. The summed E-state index contributed by atoms with van der Waals surface area (Å²) in [5.41, 5.74) is 3.38. The van der Waals surface area contributed by atoms with Crippen molar-refractivity contribution in [2.75, 3.05) is 65.8 Å². The third kappa shape index (κ3) is 11.0. The van der Waals surface area contributed by atoms with Crippen LogP contribution in [0, 0.1) is 3.57 Å². The van der Waals surface area contributed by atoms with Gasteiger partial charge in [-0.05, 0) is 66.3 Å². The van der Waals surface area contributed by atoms with Crippen LogP contribution in [0.4, 0.5) is 0 Å². The van der Waals surface area contributed by atoms with E-state index < -0.39 is 20.7 Å². The number of nitrogens with one attached hydrogen (secondary N) is 1. The largest absolute Gasteiger partial charge is 0.457 e. The summed E-state index contributed by atoms with van der Waals surface area (Å²) in [6.45, 7) is 13.2. The average Bonchev–Trinajstić information content (AvgIpc) is 3.12. The zero-order chi connectivity index (χ0) is 33.2. The van der Waals surface area contributed by atoms with Crippen molar-refractivity contribution >= 4 is 54.2 Å². The van der Waals surface area contributed by atoms with Gasteiger partial charge in [0.25, 0.3) is 0 Å². The molecule has 46 heavy (non-hydrogen) atoms. The Hall–Kier alpha value is -2.02. The first-order valence-electron chi connectivity index (χ1n) is 15.5. The first kappa shape index (κ1) is 36.8. The Morgan fingerprint density at radius 2 is 1.37 bits per heavy atom. The highest BCUT2D eigenvalue weighted by Gasteiger charge is 2.25. The Labute approximate surface area is 285 Å². The van der Waals surface area contributed by atoms with Crippen molar-refractivity contribution in [1.82, 2.24) is 25.1 Å². The summed E-state index contributed by atoms with van der Waals surface area (Å²) in [6.07, 6.45) is 0. The fourth-order valence-electron chi connectivity index (χ4n) is 5.12. The number of hydrogen-bond acceptors (Lipinski definition) is 11. The predicted octanol–water partition coefficient (Wildman–Crippen LogP) is 4.49. The van der Waals surface area contributed by atoms with Crippen LogP contribution in [0.25, 0.3) is 0 Å². The van der Waals surface area contributed by atoms with Crippen molar-refractivity contribution in [3.63, 3.8) is 0 Å². The minimum atomic E-state index is -3.26. The second kappa shape index (κ2) is 17.4. The molecule has 3 heterocycles. The van der Waals surface area contributed by atoms with Crippen LogP contribution >= 0.6 is 37.3 Å². The fourth-order valence-corrected chi connectivity index (χ4v) is 8.63. The molecule has 0 bridgehead atoms. The van der Waals surface area contributed by atoms with Gasteiger partial charge in [-0.2, -0.15) is 0 Å². The van der Waals surface area contributed by atoms with Crippen molar-refractivity contribution in [3.8, 4) is 0 Å². The smallest absolute Gasteiger partial charge is 0.338 e. The topological polar surface area (TPSA) is 123 Å². The summed E-state index contributed by atoms with van der Waals surface area (Å²) in [5, 5.41) is 3.51. The van der Waals surface area contributed by atoms with Gasteiger partial charge in [0.1, 0.15) is 17.5 Å². The summed E-state index contributed by atoms with van der Waals surface area (Å²) in [6, 6.07) is 16.6. The van der Waals surface area contributed by atoms with E-state index in [0.717, 1.165) is 54.1 Å². The summed E-state index contributed by atoms with van der Waals surface area (Å²) in [7, 11) is -6.26. The van der Waals surface area contributed by atoms with Gasteiger partial charge in [0, 0.05) is 69.3 Å². The Morgan fingerprint density at radius 1 is 0.826 bits per heavy atom. The fraction of sp³-hybridized carbons (Fsp3) is 0.469. The molecule has 0 amide bonds. The maximum Gasteiger partial charge on any atom is 0.338 e. The zero-order valence-corrected chi connectivity index (χ0v) is 30.9. The summed E-state index contributed by atoms with van der Waals surface area (Å²) < 4.78 is 44.2. The van der Waals surface area contributed by atoms with Crippen molar-refractivity contribution in [3.05, 3.63) is 80.7 Å². The lowest BCUT2D eigenvalue weighted by atomic mass is 10.2. The second-order valence-corrected chi connectivity index (χ2v) is 17.3. The van der Waals surface area contributed by atoms with Crippen LogP contribution in [0.3, 0.4) is 0 Å². The average molecular weight is 784 g/mol. The van der Waals surface area contributed by atoms with E-state index in [4.69, 9.17) is 23.8 Å². The van der Waals surface area contributed by atoms with Crippen LogP contribution in [0.2, 0.25) is 0 Å². The highest BCUT2D eigenvalue weighted by Crippen LogP contribution is 2.41. The third-order valence-electron chi connectivity index (χ3n) is 7.44. The van der Waals surface area contributed by atoms with E-state index >= 15 is 0 Å². The van der Waals surface area contributed by atoms with Crippen LogP contribution < -0.4 is 16.2 Å². The molecular formula is C32H44IN5O6P2. The molecule has 0 spiro atoms. The van der Waals surface area contributed by atoms with E-state index in [1.54, 1.807) is 19.7 Å². The van der Waals surface area contributed by atoms with Crippen LogP contribution in [-0.4, -0.2) is 91.5 Å². The summed E-state index contributed by atoms with van der Waals surface area (Å²) >= 11 is 2.23. The third-order valence-corrected chi connectivity index (χ3v) is 11.7. The van der Waals surface area contributed by atoms with E-state index in [-0.39, 0.29) is 18.6 Å². The lowest BCUT2D eigenvalue weighted by Crippen LogP contribution is -2.36. The Kier molecular flexibility index (Phi) is 13.9. The number of nitrogens with zero attached hydrogens (tertiary/aromatic N) is 4. The molecule has 14 heteroatoms. The standard InChI is InChI=1S/C32H44IN5O6P2/c1-5-43-45(3,40)30-19-26(32(39)42-24-25-10-8-7-9-11-25)18-28(35-30)22-37-14-12-34-13-15-38(17-16-37)23-29-20-27(33)21-31(36-29)46(4,41)44-6-2/h7-11,18-21,34H,5-6,12-17,22-24H2,1-4H3. The Balaban J connectivity index is 1.51. The maximum absolute atomic E-state index is 13.4. The Morgan fingerprint density at radius 3 is 1.93 bits per heavy atom. The molecule has 0 aliphatic carbocycles. The molecule has 4 rings (SSSR count). The molecule has 11 nitrogen and oxygen atoms in total. The molecule has 250 valence electrons. The van der Waals surface area contributed by atoms with Crippen molar-refractivity contribution < 1.29 is 27.7 Å². The zero-order valence-electron chi connectivity index (χ0n) is 27.0. The number of rotatable bonds is 13. The number of carbonyl (C=O) groups is 1. The molecular weight excluding hydrogens is 739 g/mol. The van der Waals surface area contributed by atoms with Gasteiger partial charge in [0.2, 0.25) is 14.7 Å². The number of halogens is 1. The molecule has 1 aliphatic heterocycles. The minimum absolute atomic E-state index is 0.133. The predicted molar refractivity (Wildman–Crippen MR) is 190 cm³/mol. The molecule has 3 aromatic rings. The lowest BCUT2D eigenvalue weighted by Gasteiger charge is -2.26. The highest BCUT2D eigenvalue weighted by molar-refractivity contribution is 14.1. The number of aromatic nitrogens is 2. The van der Waals surface area contributed by atoms with E-state index in [2.05, 4.69) is 37.7 Å². The van der Waals surface area contributed by atoms with Gasteiger partial charge in [-0.1, -0.05) is 30.3 Å². The summed E-state index contributed by atoms with van der Waals surface area (Å²) in [5.74, 6) is -0.507. The first-order valence-corrected chi connectivity index (χ1v) is 20.7. The van der Waals surface area contributed by atoms with Crippen molar-refractivity contribution in [2.24, 2.45) is 0 Å². The SMILES string of the molecule is CCOP(C)(=O)c1cc(I)cc(CN2CCNCCN(Cc3cc(C(=O)OCc4ccccc4)cc(P(C)(=O)OCC)n3)CC2)n1. The van der Waals surface area contributed by atoms with Crippen LogP contribution in [0.5, 0.6) is 0 Å². The number of pyridine rings is 2. The number of ether oxygens (including phenoxy) is 1. The van der Waals surface area contributed by atoms with Gasteiger partial charge in [-0.3, -0.25) is 18.9 Å². The second-order valence-electron chi connectivity index (χ2n) is 11.2. The molecule has 1 aliphatic rings. The first-order chi connectivity index (χ1) is 22.0. The monoisotopic (exact) mass is 783 g/mol. The molecule has 1 N–H and O–H groups in total. The maximum atomic E-state index is 13.4. The molecule has 2 aromatic heterocycles. The molecule has 1 aromatic carbocycles. The number of hydrogen-bond donors (Lipinski definition) is 1. The van der Waals surface area contributed by atoms with Crippen LogP contribution in [0.15, 0.2) is 54.6 Å². The van der Waals surface area contributed by atoms with E-state index in [1.165, 1.54) is 12.7 Å². The number of benzene rings is 1. The van der Waals surface area contributed by atoms with E-state index in [9.17, 15) is 13.9 Å². The summed E-state index contributed by atoms with van der Waals surface area (Å²) in [4.78, 5) is 27.2. The van der Waals surface area contributed by atoms with E-state index in [1.807, 2.05) is 49.4 Å². The molecule has 0 saturated carbocycles. The molecule has 2 atom stereocenters. The van der Waals surface area contributed by atoms with Gasteiger partial charge in [-0.15, -0.1) is 0 Å². The normalized spacial score (nSPS) is 17.7. The minimum Gasteiger partial charge on any atom is -0.457 e. The molecule has 0 radical (unpaired) electrons. The molecule has 1 saturated heterocycles. The van der Waals surface area contributed by atoms with E-state index in [0.29, 0.717) is 36.4 Å². The van der Waals surface area contributed by atoms with Gasteiger partial charge < -0.3 is 19.1 Å².